The summed E-state index contributed by atoms with van der Waals surface area (Å²) in [7, 11) is 0. The summed E-state index contributed by atoms with van der Waals surface area (Å²) in [6.07, 6.45) is 3.12. The van der Waals surface area contributed by atoms with E-state index < -0.39 is 5.97 Å². The highest BCUT2D eigenvalue weighted by molar-refractivity contribution is 6.17. The lowest BCUT2D eigenvalue weighted by molar-refractivity contribution is -0.128. The van der Waals surface area contributed by atoms with Gasteiger partial charge in [0.25, 0.3) is 0 Å². The van der Waals surface area contributed by atoms with Crippen molar-refractivity contribution in [3.8, 4) is 5.75 Å². The Labute approximate surface area is 117 Å². The fourth-order valence-corrected chi connectivity index (χ4v) is 1.81. The normalized spacial score (nSPS) is 10.6. The highest BCUT2D eigenvalue weighted by Crippen LogP contribution is 2.20. The largest absolute Gasteiger partial charge is 0.423 e. The Bertz CT molecular complexity index is 576. The van der Waals surface area contributed by atoms with Crippen molar-refractivity contribution < 1.29 is 9.53 Å². The van der Waals surface area contributed by atoms with Gasteiger partial charge in [-0.1, -0.05) is 48.5 Å². The molecule has 0 bridgehead atoms. The van der Waals surface area contributed by atoms with Crippen molar-refractivity contribution in [3.63, 3.8) is 0 Å². The Balaban J connectivity index is 2.04. The van der Waals surface area contributed by atoms with Gasteiger partial charge in [-0.25, -0.2) is 4.79 Å². The number of hydrogen-bond acceptors (Lipinski definition) is 2. The van der Waals surface area contributed by atoms with Gasteiger partial charge in [0.05, 0.1) is 5.88 Å². The van der Waals surface area contributed by atoms with Crippen LogP contribution in [0, 0.1) is 0 Å². The predicted octanol–water partition coefficient (Wildman–Crippen LogP) is 4.04. The van der Waals surface area contributed by atoms with E-state index in [4.69, 9.17) is 16.3 Å². The number of rotatable bonds is 4. The number of carbonyl (C=O) groups is 1. The molecule has 0 atom stereocenters. The minimum atomic E-state index is -0.415. The van der Waals surface area contributed by atoms with E-state index in [2.05, 4.69) is 0 Å². The molecule has 19 heavy (non-hydrogen) atoms. The molecule has 0 aromatic heterocycles. The first kappa shape index (κ1) is 13.4. The Morgan fingerprint density at radius 1 is 1.05 bits per heavy atom. The third-order valence-electron chi connectivity index (χ3n) is 2.54. The fraction of sp³-hybridized carbons (Fsp3) is 0.0625. The molecule has 0 aliphatic rings. The summed E-state index contributed by atoms with van der Waals surface area (Å²) in [5.41, 5.74) is 1.75. The van der Waals surface area contributed by atoms with Crippen LogP contribution < -0.4 is 4.74 Å². The smallest absolute Gasteiger partial charge is 0.336 e. The molecule has 2 aromatic carbocycles. The zero-order valence-corrected chi connectivity index (χ0v) is 11.0. The number of esters is 1. The molecule has 96 valence electrons. The van der Waals surface area contributed by atoms with Crippen LogP contribution in [0.2, 0.25) is 0 Å². The quantitative estimate of drug-likeness (QED) is 0.363. The molecule has 2 nitrogen and oxygen atoms in total. The van der Waals surface area contributed by atoms with E-state index >= 15 is 0 Å². The number of benzene rings is 2. The van der Waals surface area contributed by atoms with Crippen molar-refractivity contribution in [1.82, 2.24) is 0 Å². The van der Waals surface area contributed by atoms with E-state index in [1.54, 1.807) is 18.2 Å². The van der Waals surface area contributed by atoms with Crippen LogP contribution in [0.25, 0.3) is 6.08 Å². The predicted molar refractivity (Wildman–Crippen MR) is 77.1 cm³/mol. The SMILES string of the molecule is O=C(C=Cc1ccccc1)Oc1ccccc1CCl. The van der Waals surface area contributed by atoms with Crippen LogP contribution in [0.15, 0.2) is 60.7 Å². The molecule has 3 heteroatoms. The van der Waals surface area contributed by atoms with E-state index in [1.165, 1.54) is 6.08 Å². The average Bonchev–Trinajstić information content (AvgIpc) is 2.47. The van der Waals surface area contributed by atoms with Gasteiger partial charge in [0.2, 0.25) is 0 Å². The van der Waals surface area contributed by atoms with Crippen molar-refractivity contribution in [1.29, 1.82) is 0 Å². The Kier molecular flexibility index (Phi) is 4.76. The molecular formula is C16H13ClO2. The standard InChI is InChI=1S/C16H13ClO2/c17-12-14-8-4-5-9-15(14)19-16(18)11-10-13-6-2-1-3-7-13/h1-11H,12H2. The molecule has 0 saturated carbocycles. The Hall–Kier alpha value is -2.06. The molecule has 0 aliphatic carbocycles. The van der Waals surface area contributed by atoms with E-state index in [0.29, 0.717) is 11.6 Å². The third-order valence-corrected chi connectivity index (χ3v) is 2.83. The van der Waals surface area contributed by atoms with Crippen LogP contribution >= 0.6 is 11.6 Å². The van der Waals surface area contributed by atoms with Crippen molar-refractivity contribution in [2.45, 2.75) is 5.88 Å². The number of halogens is 1. The maximum absolute atomic E-state index is 11.7. The number of hydrogen-bond donors (Lipinski definition) is 0. The third kappa shape index (κ3) is 3.97. The zero-order valence-electron chi connectivity index (χ0n) is 10.3. The second kappa shape index (κ2) is 6.76. The van der Waals surface area contributed by atoms with Gasteiger partial charge < -0.3 is 4.74 Å². The summed E-state index contributed by atoms with van der Waals surface area (Å²) >= 11 is 5.78. The number of para-hydroxylation sites is 1. The Morgan fingerprint density at radius 2 is 1.74 bits per heavy atom. The van der Waals surface area contributed by atoms with E-state index in [-0.39, 0.29) is 0 Å². The topological polar surface area (TPSA) is 26.3 Å². The monoisotopic (exact) mass is 272 g/mol. The summed E-state index contributed by atoms with van der Waals surface area (Å²) < 4.78 is 5.25. The first-order valence-corrected chi connectivity index (χ1v) is 6.42. The van der Waals surface area contributed by atoms with Crippen LogP contribution in [0.4, 0.5) is 0 Å². The molecule has 0 heterocycles. The van der Waals surface area contributed by atoms with Gasteiger partial charge in [0.1, 0.15) is 5.75 Å². The van der Waals surface area contributed by atoms with Crippen molar-refractivity contribution in [2.75, 3.05) is 0 Å². The molecule has 0 amide bonds. The number of alkyl halides is 1. The highest BCUT2D eigenvalue weighted by atomic mass is 35.5. The molecule has 0 saturated heterocycles. The molecule has 0 fully saturated rings. The second-order valence-electron chi connectivity index (χ2n) is 3.91. The van der Waals surface area contributed by atoms with Gasteiger partial charge in [-0.05, 0) is 17.7 Å². The molecule has 0 N–H and O–H groups in total. The highest BCUT2D eigenvalue weighted by Gasteiger charge is 2.05. The molecule has 0 spiro atoms. The van der Waals surface area contributed by atoms with Crippen LogP contribution in [0.3, 0.4) is 0 Å². The lowest BCUT2D eigenvalue weighted by Crippen LogP contribution is -2.05. The lowest BCUT2D eigenvalue weighted by atomic mass is 10.2. The maximum atomic E-state index is 11.7. The van der Waals surface area contributed by atoms with Gasteiger partial charge in [-0.2, -0.15) is 0 Å². The molecule has 0 radical (unpaired) electrons. The van der Waals surface area contributed by atoms with Crippen LogP contribution in [0.5, 0.6) is 5.75 Å². The Morgan fingerprint density at radius 3 is 2.47 bits per heavy atom. The van der Waals surface area contributed by atoms with Gasteiger partial charge >= 0.3 is 5.97 Å². The summed E-state index contributed by atoms with van der Waals surface area (Å²) in [4.78, 5) is 11.7. The van der Waals surface area contributed by atoms with Crippen LogP contribution in [-0.2, 0) is 10.7 Å². The molecule has 2 rings (SSSR count). The maximum Gasteiger partial charge on any atom is 0.336 e. The van der Waals surface area contributed by atoms with Gasteiger partial charge in [-0.15, -0.1) is 11.6 Å². The molecule has 2 aromatic rings. The average molecular weight is 273 g/mol. The molecule has 0 aliphatic heterocycles. The molecule has 0 unspecified atom stereocenters. The first-order valence-electron chi connectivity index (χ1n) is 5.88. The van der Waals surface area contributed by atoms with Gasteiger partial charge in [0, 0.05) is 11.6 Å². The van der Waals surface area contributed by atoms with E-state index in [1.807, 2.05) is 42.5 Å². The minimum Gasteiger partial charge on any atom is -0.423 e. The summed E-state index contributed by atoms with van der Waals surface area (Å²) in [5.74, 6) is 0.396. The second-order valence-corrected chi connectivity index (χ2v) is 4.17. The van der Waals surface area contributed by atoms with Crippen molar-refractivity contribution >= 4 is 23.6 Å². The molecular weight excluding hydrogens is 260 g/mol. The van der Waals surface area contributed by atoms with E-state index in [0.717, 1.165) is 11.1 Å². The van der Waals surface area contributed by atoms with Crippen molar-refractivity contribution in [3.05, 3.63) is 71.8 Å². The number of carbonyl (C=O) groups excluding carboxylic acids is 1. The van der Waals surface area contributed by atoms with E-state index in [9.17, 15) is 4.79 Å². The van der Waals surface area contributed by atoms with Crippen LogP contribution in [0.1, 0.15) is 11.1 Å². The van der Waals surface area contributed by atoms with Gasteiger partial charge in [0.15, 0.2) is 0 Å². The van der Waals surface area contributed by atoms with Crippen molar-refractivity contribution in [2.24, 2.45) is 0 Å². The first-order chi connectivity index (χ1) is 9.29. The lowest BCUT2D eigenvalue weighted by Gasteiger charge is -2.05. The summed E-state index contributed by atoms with van der Waals surface area (Å²) in [6.45, 7) is 0. The minimum absolute atomic E-state index is 0.311. The summed E-state index contributed by atoms with van der Waals surface area (Å²) in [5, 5.41) is 0. The zero-order chi connectivity index (χ0) is 13.5. The van der Waals surface area contributed by atoms with Crippen LogP contribution in [-0.4, -0.2) is 5.97 Å². The fourth-order valence-electron chi connectivity index (χ4n) is 1.58. The number of ether oxygens (including phenoxy) is 1. The van der Waals surface area contributed by atoms with Gasteiger partial charge in [-0.3, -0.25) is 0 Å². The summed E-state index contributed by atoms with van der Waals surface area (Å²) in [6, 6.07) is 16.8.